The lowest BCUT2D eigenvalue weighted by atomic mass is 10.0. The molecule has 2 atom stereocenters. The largest absolute Gasteiger partial charge is 0.388 e. The first-order valence-corrected chi connectivity index (χ1v) is 5.42. The van der Waals surface area contributed by atoms with Gasteiger partial charge in [-0.2, -0.15) is 0 Å². The molecule has 1 saturated heterocycles. The average molecular weight is 209 g/mol. The Morgan fingerprint density at radius 3 is 2.73 bits per heavy atom. The van der Waals surface area contributed by atoms with E-state index >= 15 is 0 Å². The van der Waals surface area contributed by atoms with Gasteiger partial charge in [0, 0.05) is 6.04 Å². The molecule has 0 aromatic heterocycles. The first kappa shape index (κ1) is 10.6. The molecule has 2 N–H and O–H groups in total. The van der Waals surface area contributed by atoms with Crippen molar-refractivity contribution < 1.29 is 9.50 Å². The van der Waals surface area contributed by atoms with Gasteiger partial charge in [-0.25, -0.2) is 4.39 Å². The van der Waals surface area contributed by atoms with Crippen LogP contribution >= 0.6 is 0 Å². The van der Waals surface area contributed by atoms with Crippen molar-refractivity contribution in [2.75, 3.05) is 6.54 Å². The van der Waals surface area contributed by atoms with Crippen LogP contribution in [0.4, 0.5) is 4.39 Å². The molecule has 0 unspecified atom stereocenters. The highest BCUT2D eigenvalue weighted by Crippen LogP contribution is 2.22. The molecule has 1 aromatic carbocycles. The van der Waals surface area contributed by atoms with Gasteiger partial charge in [0.05, 0.1) is 6.10 Å². The fourth-order valence-corrected chi connectivity index (χ4v) is 2.05. The van der Waals surface area contributed by atoms with E-state index in [9.17, 15) is 9.50 Å². The van der Waals surface area contributed by atoms with E-state index < -0.39 is 6.10 Å². The quantitative estimate of drug-likeness (QED) is 0.798. The Kier molecular flexibility index (Phi) is 3.34. The summed E-state index contributed by atoms with van der Waals surface area (Å²) in [5.74, 6) is -0.259. The summed E-state index contributed by atoms with van der Waals surface area (Å²) in [6.07, 6.45) is 2.53. The number of hydrogen-bond donors (Lipinski definition) is 2. The maximum absolute atomic E-state index is 12.7. The summed E-state index contributed by atoms with van der Waals surface area (Å²) < 4.78 is 12.7. The summed E-state index contributed by atoms with van der Waals surface area (Å²) in [4.78, 5) is 0. The van der Waals surface area contributed by atoms with Crippen molar-refractivity contribution in [2.24, 2.45) is 0 Å². The minimum Gasteiger partial charge on any atom is -0.388 e. The zero-order chi connectivity index (χ0) is 10.7. The van der Waals surface area contributed by atoms with E-state index in [4.69, 9.17) is 0 Å². The summed E-state index contributed by atoms with van der Waals surface area (Å²) in [6.45, 7) is 1.04. The van der Waals surface area contributed by atoms with Gasteiger partial charge in [-0.15, -0.1) is 0 Å². The zero-order valence-corrected chi connectivity index (χ0v) is 8.62. The highest BCUT2D eigenvalue weighted by Gasteiger charge is 2.18. The highest BCUT2D eigenvalue weighted by molar-refractivity contribution is 5.18. The second kappa shape index (κ2) is 4.73. The lowest BCUT2D eigenvalue weighted by Gasteiger charge is -2.16. The molecule has 0 aliphatic carbocycles. The predicted molar refractivity (Wildman–Crippen MR) is 57.0 cm³/mol. The molecule has 1 fully saturated rings. The SMILES string of the molecule is O[C@H](C[C@H]1CCCN1)c1ccc(F)cc1. The lowest BCUT2D eigenvalue weighted by molar-refractivity contribution is 0.154. The molecule has 15 heavy (non-hydrogen) atoms. The molecule has 0 saturated carbocycles. The van der Waals surface area contributed by atoms with Crippen molar-refractivity contribution in [2.45, 2.75) is 31.4 Å². The van der Waals surface area contributed by atoms with Crippen LogP contribution in [0.1, 0.15) is 30.9 Å². The Labute approximate surface area is 89.1 Å². The minimum absolute atomic E-state index is 0.259. The van der Waals surface area contributed by atoms with Gasteiger partial charge in [-0.1, -0.05) is 12.1 Å². The van der Waals surface area contributed by atoms with Crippen LogP contribution in [0, 0.1) is 5.82 Å². The fourth-order valence-electron chi connectivity index (χ4n) is 2.05. The summed E-state index contributed by atoms with van der Waals surface area (Å²) in [7, 11) is 0. The first-order valence-electron chi connectivity index (χ1n) is 5.42. The van der Waals surface area contributed by atoms with Gasteiger partial charge in [0.15, 0.2) is 0 Å². The molecule has 1 aromatic rings. The third kappa shape index (κ3) is 2.76. The second-order valence-corrected chi connectivity index (χ2v) is 4.10. The molecule has 2 nitrogen and oxygen atoms in total. The van der Waals surface area contributed by atoms with Crippen LogP contribution in [0.2, 0.25) is 0 Å². The third-order valence-corrected chi connectivity index (χ3v) is 2.92. The summed E-state index contributed by atoms with van der Waals surface area (Å²) in [5, 5.41) is 13.2. The molecule has 0 spiro atoms. The van der Waals surface area contributed by atoms with E-state index in [-0.39, 0.29) is 5.82 Å². The van der Waals surface area contributed by atoms with E-state index in [1.807, 2.05) is 0 Å². The van der Waals surface area contributed by atoms with Crippen molar-refractivity contribution in [3.8, 4) is 0 Å². The standard InChI is InChI=1S/C12H16FNO/c13-10-5-3-9(4-6-10)12(15)8-11-2-1-7-14-11/h3-6,11-12,14-15H,1-2,7-8H2/t11-,12-/m1/s1. The van der Waals surface area contributed by atoms with E-state index in [1.54, 1.807) is 12.1 Å². The normalized spacial score (nSPS) is 22.9. The van der Waals surface area contributed by atoms with Gasteiger partial charge in [0.1, 0.15) is 5.82 Å². The van der Waals surface area contributed by atoms with Gasteiger partial charge in [0.25, 0.3) is 0 Å². The molecule has 1 heterocycles. The average Bonchev–Trinajstić information content (AvgIpc) is 2.71. The Morgan fingerprint density at radius 1 is 1.40 bits per heavy atom. The fraction of sp³-hybridized carbons (Fsp3) is 0.500. The minimum atomic E-state index is -0.485. The first-order chi connectivity index (χ1) is 7.25. The number of aliphatic hydroxyl groups is 1. The third-order valence-electron chi connectivity index (χ3n) is 2.92. The molecule has 0 amide bonds. The predicted octanol–water partition coefficient (Wildman–Crippen LogP) is 2.00. The second-order valence-electron chi connectivity index (χ2n) is 4.10. The molecule has 2 rings (SSSR count). The van der Waals surface area contributed by atoms with Crippen LogP contribution in [-0.2, 0) is 0 Å². The Bertz CT molecular complexity index is 306. The van der Waals surface area contributed by atoms with Crippen LogP contribution in [0.15, 0.2) is 24.3 Å². The van der Waals surface area contributed by atoms with Crippen molar-refractivity contribution >= 4 is 0 Å². The molecule has 1 aliphatic heterocycles. The van der Waals surface area contributed by atoms with Gasteiger partial charge in [-0.3, -0.25) is 0 Å². The maximum Gasteiger partial charge on any atom is 0.123 e. The van der Waals surface area contributed by atoms with Crippen molar-refractivity contribution in [3.05, 3.63) is 35.6 Å². The van der Waals surface area contributed by atoms with Gasteiger partial charge < -0.3 is 10.4 Å². The van der Waals surface area contributed by atoms with Crippen LogP contribution in [-0.4, -0.2) is 17.7 Å². The zero-order valence-electron chi connectivity index (χ0n) is 8.62. The van der Waals surface area contributed by atoms with Crippen molar-refractivity contribution in [1.82, 2.24) is 5.32 Å². The topological polar surface area (TPSA) is 32.3 Å². The van der Waals surface area contributed by atoms with Gasteiger partial charge in [0.2, 0.25) is 0 Å². The molecule has 0 bridgehead atoms. The Balaban J connectivity index is 1.94. The van der Waals surface area contributed by atoms with Gasteiger partial charge >= 0.3 is 0 Å². The molecule has 82 valence electrons. The number of nitrogens with one attached hydrogen (secondary N) is 1. The monoisotopic (exact) mass is 209 g/mol. The van der Waals surface area contributed by atoms with Crippen LogP contribution in [0.3, 0.4) is 0 Å². The van der Waals surface area contributed by atoms with E-state index in [0.717, 1.165) is 18.5 Å². The van der Waals surface area contributed by atoms with E-state index in [2.05, 4.69) is 5.32 Å². The van der Waals surface area contributed by atoms with Crippen LogP contribution in [0.25, 0.3) is 0 Å². The smallest absolute Gasteiger partial charge is 0.123 e. The number of halogens is 1. The number of hydrogen-bond acceptors (Lipinski definition) is 2. The van der Waals surface area contributed by atoms with Crippen LogP contribution in [0.5, 0.6) is 0 Å². The Morgan fingerprint density at radius 2 is 2.13 bits per heavy atom. The number of aliphatic hydroxyl groups excluding tert-OH is 1. The number of rotatable bonds is 3. The Hall–Kier alpha value is -0.930. The van der Waals surface area contributed by atoms with Crippen LogP contribution < -0.4 is 5.32 Å². The lowest BCUT2D eigenvalue weighted by Crippen LogP contribution is -2.23. The number of benzene rings is 1. The highest BCUT2D eigenvalue weighted by atomic mass is 19.1. The molecular formula is C12H16FNO. The molecular weight excluding hydrogens is 193 g/mol. The van der Waals surface area contributed by atoms with E-state index in [0.29, 0.717) is 12.5 Å². The molecule has 0 radical (unpaired) electrons. The summed E-state index contributed by atoms with van der Waals surface area (Å²) in [5.41, 5.74) is 0.796. The molecule has 1 aliphatic rings. The van der Waals surface area contributed by atoms with Gasteiger partial charge in [-0.05, 0) is 43.5 Å². The summed E-state index contributed by atoms with van der Waals surface area (Å²) in [6, 6.07) is 6.48. The molecule has 3 heteroatoms. The maximum atomic E-state index is 12.7. The van der Waals surface area contributed by atoms with Crippen molar-refractivity contribution in [3.63, 3.8) is 0 Å². The van der Waals surface area contributed by atoms with Crippen molar-refractivity contribution in [1.29, 1.82) is 0 Å². The van der Waals surface area contributed by atoms with E-state index in [1.165, 1.54) is 18.6 Å². The summed E-state index contributed by atoms with van der Waals surface area (Å²) >= 11 is 0.